The lowest BCUT2D eigenvalue weighted by molar-refractivity contribution is -0.114. The molecular formula is C30H25N5O2S2. The lowest BCUT2D eigenvalue weighted by Gasteiger charge is -2.20. The third-order valence-electron chi connectivity index (χ3n) is 6.44. The van der Waals surface area contributed by atoms with Gasteiger partial charge in [-0.2, -0.15) is 10.0 Å². The lowest BCUT2D eigenvalue weighted by atomic mass is 10.1. The molecule has 2 aliphatic rings. The van der Waals surface area contributed by atoms with Crippen LogP contribution in [0.2, 0.25) is 0 Å². The van der Waals surface area contributed by atoms with Crippen molar-refractivity contribution in [3.05, 3.63) is 107 Å². The number of amides is 1. The SMILES string of the molecule is Cc1ccccc1OCCn1cc(/C=C2/C(=N)N3N=C(SCc4ccccc4)SC3=NC2=O)c2ccccc21. The Labute approximate surface area is 234 Å². The molecule has 0 saturated carbocycles. The van der Waals surface area contributed by atoms with E-state index < -0.39 is 5.91 Å². The van der Waals surface area contributed by atoms with Crippen LogP contribution in [-0.2, 0) is 17.1 Å². The molecule has 4 aromatic rings. The lowest BCUT2D eigenvalue weighted by Crippen LogP contribution is -2.35. The maximum atomic E-state index is 13.0. The van der Waals surface area contributed by atoms with Gasteiger partial charge in [0.25, 0.3) is 5.91 Å². The zero-order valence-corrected chi connectivity index (χ0v) is 22.8. The molecular weight excluding hydrogens is 526 g/mol. The molecule has 1 aromatic heterocycles. The first-order valence-electron chi connectivity index (χ1n) is 12.5. The van der Waals surface area contributed by atoms with Gasteiger partial charge in [0.2, 0.25) is 5.17 Å². The van der Waals surface area contributed by atoms with Gasteiger partial charge in [-0.3, -0.25) is 10.2 Å². The number of thioether (sulfide) groups is 2. The van der Waals surface area contributed by atoms with E-state index in [1.54, 1.807) is 17.8 Å². The van der Waals surface area contributed by atoms with E-state index >= 15 is 0 Å². The molecule has 6 rings (SSSR count). The molecule has 194 valence electrons. The van der Waals surface area contributed by atoms with Gasteiger partial charge in [-0.25, -0.2) is 0 Å². The highest BCUT2D eigenvalue weighted by atomic mass is 32.2. The number of carbonyl (C=O) groups is 1. The van der Waals surface area contributed by atoms with Crippen LogP contribution in [0.15, 0.2) is 101 Å². The first-order chi connectivity index (χ1) is 19.1. The summed E-state index contributed by atoms with van der Waals surface area (Å²) in [6.07, 6.45) is 3.75. The number of fused-ring (bicyclic) bond motifs is 2. The van der Waals surface area contributed by atoms with Crippen LogP contribution in [0.1, 0.15) is 16.7 Å². The van der Waals surface area contributed by atoms with Crippen LogP contribution in [0.4, 0.5) is 0 Å². The molecule has 0 spiro atoms. The van der Waals surface area contributed by atoms with Gasteiger partial charge >= 0.3 is 0 Å². The van der Waals surface area contributed by atoms with Crippen molar-refractivity contribution >= 4 is 61.8 Å². The van der Waals surface area contributed by atoms with Crippen molar-refractivity contribution < 1.29 is 9.53 Å². The number of hydrogen-bond acceptors (Lipinski definition) is 6. The molecule has 3 aromatic carbocycles. The Morgan fingerprint density at radius 1 is 1.03 bits per heavy atom. The van der Waals surface area contributed by atoms with Crippen molar-refractivity contribution in [1.29, 1.82) is 5.41 Å². The van der Waals surface area contributed by atoms with E-state index in [-0.39, 0.29) is 11.4 Å². The Morgan fingerprint density at radius 3 is 2.64 bits per heavy atom. The summed E-state index contributed by atoms with van der Waals surface area (Å²) in [6.45, 7) is 3.18. The van der Waals surface area contributed by atoms with Crippen molar-refractivity contribution in [1.82, 2.24) is 9.58 Å². The van der Waals surface area contributed by atoms with Crippen molar-refractivity contribution in [2.75, 3.05) is 6.61 Å². The smallest absolute Gasteiger partial charge is 0.283 e. The molecule has 1 amide bonds. The van der Waals surface area contributed by atoms with Crippen LogP contribution in [0.25, 0.3) is 17.0 Å². The zero-order chi connectivity index (χ0) is 26.8. The molecule has 9 heteroatoms. The number of carbonyl (C=O) groups excluding carboxylic acids is 1. The minimum Gasteiger partial charge on any atom is -0.491 e. The van der Waals surface area contributed by atoms with E-state index in [0.717, 1.165) is 37.9 Å². The molecule has 0 bridgehead atoms. The molecule has 7 nitrogen and oxygen atoms in total. The van der Waals surface area contributed by atoms with Gasteiger partial charge in [-0.05, 0) is 48.0 Å². The first kappa shape index (κ1) is 25.2. The van der Waals surface area contributed by atoms with Crippen molar-refractivity contribution in [3.63, 3.8) is 0 Å². The number of para-hydroxylation sites is 2. The fourth-order valence-corrected chi connectivity index (χ4v) is 6.34. The number of aliphatic imine (C=N–C) groups is 1. The number of ether oxygens (including phenoxy) is 1. The highest BCUT2D eigenvalue weighted by Crippen LogP contribution is 2.34. The summed E-state index contributed by atoms with van der Waals surface area (Å²) in [4.78, 5) is 17.3. The number of hydrogen-bond donors (Lipinski definition) is 1. The number of rotatable bonds is 7. The maximum absolute atomic E-state index is 13.0. The molecule has 3 heterocycles. The normalized spacial score (nSPS) is 16.0. The second kappa shape index (κ2) is 11.0. The van der Waals surface area contributed by atoms with E-state index in [2.05, 4.69) is 26.8 Å². The summed E-state index contributed by atoms with van der Waals surface area (Å²) >= 11 is 2.90. The molecule has 0 aliphatic carbocycles. The second-order valence-corrected chi connectivity index (χ2v) is 11.2. The number of benzene rings is 3. The van der Waals surface area contributed by atoms with E-state index in [1.165, 1.54) is 22.3 Å². The fourth-order valence-electron chi connectivity index (χ4n) is 4.46. The van der Waals surface area contributed by atoms with Gasteiger partial charge in [-0.15, -0.1) is 5.10 Å². The number of aryl methyl sites for hydroxylation is 1. The summed E-state index contributed by atoms with van der Waals surface area (Å²) in [5, 5.41) is 16.2. The summed E-state index contributed by atoms with van der Waals surface area (Å²) in [5.74, 6) is 1.23. The van der Waals surface area contributed by atoms with Crippen LogP contribution < -0.4 is 4.74 Å². The van der Waals surface area contributed by atoms with Crippen LogP contribution in [0.5, 0.6) is 5.75 Å². The Hall–Kier alpha value is -4.08. The van der Waals surface area contributed by atoms with Crippen molar-refractivity contribution in [3.8, 4) is 5.75 Å². The highest BCUT2D eigenvalue weighted by molar-refractivity contribution is 8.45. The van der Waals surface area contributed by atoms with Gasteiger partial charge in [0.05, 0.1) is 12.1 Å². The quantitative estimate of drug-likeness (QED) is 0.264. The minimum absolute atomic E-state index is 0.0347. The Bertz CT molecular complexity index is 1670. The van der Waals surface area contributed by atoms with Gasteiger partial charge in [0, 0.05) is 28.4 Å². The molecule has 0 saturated heterocycles. The van der Waals surface area contributed by atoms with E-state index in [4.69, 9.17) is 10.1 Å². The summed E-state index contributed by atoms with van der Waals surface area (Å²) < 4.78 is 8.90. The predicted octanol–water partition coefficient (Wildman–Crippen LogP) is 6.54. The van der Waals surface area contributed by atoms with Crippen molar-refractivity contribution in [2.24, 2.45) is 10.1 Å². The van der Waals surface area contributed by atoms with Gasteiger partial charge < -0.3 is 9.30 Å². The Morgan fingerprint density at radius 2 is 1.79 bits per heavy atom. The predicted molar refractivity (Wildman–Crippen MR) is 161 cm³/mol. The molecule has 0 fully saturated rings. The summed E-state index contributed by atoms with van der Waals surface area (Å²) in [6, 6.07) is 26.1. The Kier molecular flexibility index (Phi) is 7.08. The number of nitrogens with one attached hydrogen (secondary N) is 1. The molecule has 0 atom stereocenters. The summed E-state index contributed by atoms with van der Waals surface area (Å²) in [7, 11) is 0. The van der Waals surface area contributed by atoms with E-state index in [0.29, 0.717) is 18.3 Å². The topological polar surface area (TPSA) is 83.0 Å². The van der Waals surface area contributed by atoms with Gasteiger partial charge in [-0.1, -0.05) is 78.5 Å². The number of amidine groups is 2. The van der Waals surface area contributed by atoms with E-state index in [9.17, 15) is 4.79 Å². The van der Waals surface area contributed by atoms with Gasteiger partial charge in [0.15, 0.2) is 10.2 Å². The fraction of sp³-hybridized carbons (Fsp3) is 0.133. The number of hydrazone groups is 1. The molecule has 39 heavy (non-hydrogen) atoms. The third kappa shape index (κ3) is 5.28. The van der Waals surface area contributed by atoms with Gasteiger partial charge in [0.1, 0.15) is 12.4 Å². The largest absolute Gasteiger partial charge is 0.491 e. The average Bonchev–Trinajstić information content (AvgIpc) is 3.53. The molecule has 2 aliphatic heterocycles. The zero-order valence-electron chi connectivity index (χ0n) is 21.2. The highest BCUT2D eigenvalue weighted by Gasteiger charge is 2.36. The van der Waals surface area contributed by atoms with Crippen LogP contribution >= 0.6 is 23.5 Å². The van der Waals surface area contributed by atoms with Crippen molar-refractivity contribution in [2.45, 2.75) is 19.2 Å². The molecule has 1 N–H and O–H groups in total. The monoisotopic (exact) mass is 551 g/mol. The maximum Gasteiger partial charge on any atom is 0.283 e. The summed E-state index contributed by atoms with van der Waals surface area (Å²) in [5.41, 5.74) is 4.38. The third-order valence-corrected chi connectivity index (χ3v) is 8.56. The Balaban J connectivity index is 1.22. The van der Waals surface area contributed by atoms with Crippen LogP contribution in [0.3, 0.4) is 0 Å². The average molecular weight is 552 g/mol. The molecule has 0 radical (unpaired) electrons. The van der Waals surface area contributed by atoms with Crippen LogP contribution in [-0.4, -0.2) is 37.5 Å². The van der Waals surface area contributed by atoms with E-state index in [1.807, 2.05) is 79.9 Å². The number of aromatic nitrogens is 1. The second-order valence-electron chi connectivity index (χ2n) is 9.07. The molecule has 0 unspecified atom stereocenters. The van der Waals surface area contributed by atoms with Crippen LogP contribution in [0, 0.1) is 12.3 Å². The number of nitrogens with zero attached hydrogens (tertiary/aromatic N) is 4. The minimum atomic E-state index is -0.428. The standard InChI is InChI=1S/C30H25N5O2S2/c1-20-9-5-8-14-26(20)37-16-15-34-18-22(23-12-6-7-13-25(23)34)17-24-27(31)35-29(32-28(24)36)39-30(33-35)38-19-21-10-3-2-4-11-21/h2-14,17-18,31H,15-16,19H2,1H3/b24-17-,31-27?. The first-order valence-corrected chi connectivity index (χ1v) is 14.3.